The predicted octanol–water partition coefficient (Wildman–Crippen LogP) is 3.05. The van der Waals surface area contributed by atoms with E-state index in [9.17, 15) is 0 Å². The largest absolute Gasteiger partial charge is 0.295 e. The van der Waals surface area contributed by atoms with Gasteiger partial charge in [-0.15, -0.1) is 0 Å². The van der Waals surface area contributed by atoms with Gasteiger partial charge in [-0.1, -0.05) is 26.2 Å². The van der Waals surface area contributed by atoms with Crippen molar-refractivity contribution in [3.63, 3.8) is 0 Å². The molecule has 0 radical (unpaired) electrons. The molecule has 0 amide bonds. The molecule has 1 nitrogen and oxygen atoms in total. The normalized spacial score (nSPS) is 11.5. The SMILES string of the molecule is C=NC(C)(C)CCCCC. The summed E-state index contributed by atoms with van der Waals surface area (Å²) in [6.45, 7) is 10.0. The fourth-order valence-electron chi connectivity index (χ4n) is 0.887. The van der Waals surface area contributed by atoms with E-state index in [1.807, 2.05) is 0 Å². The standard InChI is InChI=1S/C9H19N/c1-5-6-7-8-9(2,3)10-4/h4-8H2,1-3H3. The Morgan fingerprint density at radius 2 is 1.90 bits per heavy atom. The Bertz CT molecular complexity index is 94.9. The lowest BCUT2D eigenvalue weighted by Crippen LogP contribution is -2.15. The van der Waals surface area contributed by atoms with Crippen molar-refractivity contribution >= 4 is 6.72 Å². The van der Waals surface area contributed by atoms with Crippen molar-refractivity contribution in [3.8, 4) is 0 Å². The molecule has 0 aromatic heterocycles. The lowest BCUT2D eigenvalue weighted by atomic mass is 9.98. The van der Waals surface area contributed by atoms with Crippen molar-refractivity contribution in [1.82, 2.24) is 0 Å². The maximum atomic E-state index is 4.04. The van der Waals surface area contributed by atoms with Gasteiger partial charge in [0, 0.05) is 0 Å². The molecule has 0 aliphatic carbocycles. The van der Waals surface area contributed by atoms with Crippen LogP contribution < -0.4 is 0 Å². The van der Waals surface area contributed by atoms with E-state index in [1.165, 1.54) is 25.7 Å². The molecule has 60 valence electrons. The highest BCUT2D eigenvalue weighted by Gasteiger charge is 2.12. The molecule has 0 aliphatic rings. The number of unbranched alkanes of at least 4 members (excludes halogenated alkanes) is 2. The third-order valence-electron chi connectivity index (χ3n) is 1.82. The minimum absolute atomic E-state index is 0.106. The summed E-state index contributed by atoms with van der Waals surface area (Å²) >= 11 is 0. The van der Waals surface area contributed by atoms with Crippen LogP contribution >= 0.6 is 0 Å². The van der Waals surface area contributed by atoms with Crippen molar-refractivity contribution < 1.29 is 0 Å². The van der Waals surface area contributed by atoms with Crippen LogP contribution in [0.4, 0.5) is 0 Å². The second-order valence-corrected chi connectivity index (χ2v) is 3.43. The van der Waals surface area contributed by atoms with Crippen LogP contribution in [0, 0.1) is 0 Å². The molecular formula is C9H19N. The fraction of sp³-hybridized carbons (Fsp3) is 0.889. The summed E-state index contributed by atoms with van der Waals surface area (Å²) < 4.78 is 0. The summed E-state index contributed by atoms with van der Waals surface area (Å²) in [5, 5.41) is 0. The van der Waals surface area contributed by atoms with Gasteiger partial charge in [0.05, 0.1) is 5.54 Å². The number of hydrogen-bond donors (Lipinski definition) is 0. The van der Waals surface area contributed by atoms with Gasteiger partial charge in [0.25, 0.3) is 0 Å². The molecule has 0 fully saturated rings. The van der Waals surface area contributed by atoms with Crippen LogP contribution in [0.5, 0.6) is 0 Å². The van der Waals surface area contributed by atoms with E-state index >= 15 is 0 Å². The zero-order chi connectivity index (χ0) is 8.04. The van der Waals surface area contributed by atoms with Crippen molar-refractivity contribution in [2.45, 2.75) is 52.0 Å². The number of rotatable bonds is 5. The molecule has 0 saturated carbocycles. The molecule has 0 saturated heterocycles. The van der Waals surface area contributed by atoms with Crippen LogP contribution in [-0.2, 0) is 0 Å². The third kappa shape index (κ3) is 4.54. The molecular weight excluding hydrogens is 122 g/mol. The minimum atomic E-state index is 0.106. The Morgan fingerprint density at radius 1 is 1.30 bits per heavy atom. The zero-order valence-electron chi connectivity index (χ0n) is 7.48. The van der Waals surface area contributed by atoms with Crippen molar-refractivity contribution in [3.05, 3.63) is 0 Å². The van der Waals surface area contributed by atoms with Gasteiger partial charge in [0.15, 0.2) is 0 Å². The lowest BCUT2D eigenvalue weighted by molar-refractivity contribution is 0.454. The van der Waals surface area contributed by atoms with Crippen molar-refractivity contribution in [2.24, 2.45) is 4.99 Å². The smallest absolute Gasteiger partial charge is 0.0545 e. The summed E-state index contributed by atoms with van der Waals surface area (Å²) in [5.41, 5.74) is 0.106. The van der Waals surface area contributed by atoms with E-state index in [4.69, 9.17) is 0 Å². The summed E-state index contributed by atoms with van der Waals surface area (Å²) in [7, 11) is 0. The van der Waals surface area contributed by atoms with Gasteiger partial charge in [-0.25, -0.2) is 0 Å². The molecule has 0 unspecified atom stereocenters. The van der Waals surface area contributed by atoms with Crippen LogP contribution in [0.1, 0.15) is 46.5 Å². The molecule has 0 bridgehead atoms. The maximum absolute atomic E-state index is 4.04. The average molecular weight is 141 g/mol. The van der Waals surface area contributed by atoms with Gasteiger partial charge < -0.3 is 0 Å². The first-order valence-corrected chi connectivity index (χ1v) is 4.10. The van der Waals surface area contributed by atoms with Crippen LogP contribution in [-0.4, -0.2) is 12.3 Å². The van der Waals surface area contributed by atoms with Gasteiger partial charge in [-0.05, 0) is 27.0 Å². The molecule has 0 aliphatic heterocycles. The van der Waals surface area contributed by atoms with Crippen molar-refractivity contribution in [2.75, 3.05) is 0 Å². The first kappa shape index (κ1) is 9.67. The summed E-state index contributed by atoms with van der Waals surface area (Å²) in [5.74, 6) is 0. The second kappa shape index (κ2) is 4.48. The lowest BCUT2D eigenvalue weighted by Gasteiger charge is -2.17. The van der Waals surface area contributed by atoms with Crippen LogP contribution in [0.3, 0.4) is 0 Å². The van der Waals surface area contributed by atoms with Gasteiger partial charge in [-0.3, -0.25) is 4.99 Å². The predicted molar refractivity (Wildman–Crippen MR) is 47.8 cm³/mol. The first-order chi connectivity index (χ1) is 4.62. The molecule has 0 aromatic carbocycles. The van der Waals surface area contributed by atoms with Crippen molar-refractivity contribution in [1.29, 1.82) is 0 Å². The highest BCUT2D eigenvalue weighted by molar-refractivity contribution is 5.25. The number of hydrogen-bond acceptors (Lipinski definition) is 1. The minimum Gasteiger partial charge on any atom is -0.295 e. The quantitative estimate of drug-likeness (QED) is 0.412. The molecule has 0 aromatic rings. The highest BCUT2D eigenvalue weighted by Crippen LogP contribution is 2.17. The fourth-order valence-corrected chi connectivity index (χ4v) is 0.887. The third-order valence-corrected chi connectivity index (χ3v) is 1.82. The Labute approximate surface area is 64.6 Å². The maximum Gasteiger partial charge on any atom is 0.0545 e. The van der Waals surface area contributed by atoms with Gasteiger partial charge in [0.1, 0.15) is 0 Å². The Balaban J connectivity index is 3.37. The topological polar surface area (TPSA) is 12.4 Å². The molecule has 10 heavy (non-hydrogen) atoms. The van der Waals surface area contributed by atoms with E-state index in [-0.39, 0.29) is 5.54 Å². The van der Waals surface area contributed by atoms with E-state index in [0.717, 1.165) is 0 Å². The van der Waals surface area contributed by atoms with Gasteiger partial charge in [0.2, 0.25) is 0 Å². The van der Waals surface area contributed by atoms with Gasteiger partial charge in [-0.2, -0.15) is 0 Å². The Hall–Kier alpha value is -0.330. The zero-order valence-corrected chi connectivity index (χ0v) is 7.48. The Morgan fingerprint density at radius 3 is 2.30 bits per heavy atom. The molecule has 1 heteroatoms. The molecule has 0 rings (SSSR count). The highest BCUT2D eigenvalue weighted by atomic mass is 14.8. The molecule has 0 spiro atoms. The van der Waals surface area contributed by atoms with Crippen LogP contribution in [0.2, 0.25) is 0 Å². The average Bonchev–Trinajstić information content (AvgIpc) is 1.89. The van der Waals surface area contributed by atoms with Crippen LogP contribution in [0.15, 0.2) is 4.99 Å². The van der Waals surface area contributed by atoms with E-state index in [1.54, 1.807) is 0 Å². The summed E-state index contributed by atoms with van der Waals surface area (Å²) in [4.78, 5) is 4.04. The first-order valence-electron chi connectivity index (χ1n) is 4.10. The second-order valence-electron chi connectivity index (χ2n) is 3.43. The molecule has 0 heterocycles. The van der Waals surface area contributed by atoms with E-state index in [2.05, 4.69) is 32.5 Å². The van der Waals surface area contributed by atoms with Gasteiger partial charge >= 0.3 is 0 Å². The Kier molecular flexibility index (Phi) is 4.33. The monoisotopic (exact) mass is 141 g/mol. The molecule has 0 N–H and O–H groups in total. The summed E-state index contributed by atoms with van der Waals surface area (Å²) in [6, 6.07) is 0. The van der Waals surface area contributed by atoms with E-state index in [0.29, 0.717) is 0 Å². The summed E-state index contributed by atoms with van der Waals surface area (Å²) in [6.07, 6.45) is 5.05. The van der Waals surface area contributed by atoms with Crippen LogP contribution in [0.25, 0.3) is 0 Å². The molecule has 0 atom stereocenters. The number of nitrogens with zero attached hydrogens (tertiary/aromatic N) is 1. The number of aliphatic imine (C=N–C) groups is 1. The van der Waals surface area contributed by atoms with E-state index < -0.39 is 0 Å².